The second-order valence-corrected chi connectivity index (χ2v) is 7.88. The Morgan fingerprint density at radius 2 is 2.11 bits per heavy atom. The van der Waals surface area contributed by atoms with E-state index in [0.717, 1.165) is 6.42 Å². The van der Waals surface area contributed by atoms with Crippen LogP contribution in [0.5, 0.6) is 0 Å². The van der Waals surface area contributed by atoms with Gasteiger partial charge >= 0.3 is 0 Å². The molecule has 0 saturated heterocycles. The molecule has 3 heteroatoms. The fourth-order valence-electron chi connectivity index (χ4n) is 2.57. The van der Waals surface area contributed by atoms with Gasteiger partial charge in [0.1, 0.15) is 0 Å². The van der Waals surface area contributed by atoms with Crippen LogP contribution in [0.1, 0.15) is 20.3 Å². The maximum atomic E-state index is 5.72. The van der Waals surface area contributed by atoms with Crippen LogP contribution in [0.3, 0.4) is 0 Å². The smallest absolute Gasteiger partial charge is 0.0276 e. The molecule has 1 heterocycles. The van der Waals surface area contributed by atoms with Crippen LogP contribution in [0.2, 0.25) is 0 Å². The van der Waals surface area contributed by atoms with Crippen LogP contribution in [-0.2, 0) is 0 Å². The molecule has 2 aliphatic carbocycles. The lowest BCUT2D eigenvalue weighted by Crippen LogP contribution is -2.13. The molecule has 0 aromatic carbocycles. The Hall–Kier alpha value is -0.250. The first kappa shape index (κ1) is 12.8. The minimum absolute atomic E-state index is 0.510. The summed E-state index contributed by atoms with van der Waals surface area (Å²) in [6, 6.07) is 0. The van der Waals surface area contributed by atoms with Crippen molar-refractivity contribution in [3.8, 4) is 0 Å². The lowest BCUT2D eigenvalue weighted by molar-refractivity contribution is 0.622. The van der Waals surface area contributed by atoms with E-state index in [-0.39, 0.29) is 0 Å². The Labute approximate surface area is 122 Å². The van der Waals surface area contributed by atoms with E-state index < -0.39 is 0 Å². The molecule has 3 aliphatic rings. The van der Waals surface area contributed by atoms with Crippen LogP contribution in [0.25, 0.3) is 0 Å². The highest BCUT2D eigenvalue weighted by molar-refractivity contribution is 8.79. The van der Waals surface area contributed by atoms with E-state index in [0.29, 0.717) is 17.8 Å². The Balaban J connectivity index is 2.00. The first-order chi connectivity index (χ1) is 8.68. The lowest BCUT2D eigenvalue weighted by Gasteiger charge is -2.19. The zero-order chi connectivity index (χ0) is 12.7. The molecule has 0 amide bonds. The Morgan fingerprint density at radius 1 is 1.28 bits per heavy atom. The Morgan fingerprint density at radius 3 is 2.89 bits per heavy atom. The van der Waals surface area contributed by atoms with Gasteiger partial charge in [-0.25, -0.2) is 0 Å². The summed E-state index contributed by atoms with van der Waals surface area (Å²) in [4.78, 5) is 4.12. The maximum absolute atomic E-state index is 5.72. The van der Waals surface area contributed by atoms with Crippen molar-refractivity contribution in [3.63, 3.8) is 0 Å². The van der Waals surface area contributed by atoms with Gasteiger partial charge in [-0.2, -0.15) is 0 Å². The van der Waals surface area contributed by atoms with Crippen LogP contribution in [0, 0.1) is 17.8 Å². The van der Waals surface area contributed by atoms with Crippen LogP contribution >= 0.6 is 33.8 Å². The average Bonchev–Trinajstić information content (AvgIpc) is 2.57. The molecule has 94 valence electrons. The minimum atomic E-state index is 0.510. The van der Waals surface area contributed by atoms with Gasteiger partial charge in [0.25, 0.3) is 0 Å². The van der Waals surface area contributed by atoms with E-state index >= 15 is 0 Å². The molecule has 0 N–H and O–H groups in total. The molecule has 0 spiro atoms. The highest BCUT2D eigenvalue weighted by Gasteiger charge is 2.38. The highest BCUT2D eigenvalue weighted by atomic mass is 33.1. The number of thiocarbonyl (C=S) groups is 1. The summed E-state index contributed by atoms with van der Waals surface area (Å²) in [7, 11) is 3.85. The van der Waals surface area contributed by atoms with E-state index in [4.69, 9.17) is 12.2 Å². The maximum Gasteiger partial charge on any atom is 0.0276 e. The molecule has 3 rings (SSSR count). The summed E-state index contributed by atoms with van der Waals surface area (Å²) in [6.07, 6.45) is 12.3. The van der Waals surface area contributed by atoms with E-state index in [1.165, 1.54) is 20.2 Å². The zero-order valence-electron chi connectivity index (χ0n) is 10.6. The van der Waals surface area contributed by atoms with Crippen molar-refractivity contribution < 1.29 is 0 Å². The van der Waals surface area contributed by atoms with E-state index in [2.05, 4.69) is 44.2 Å². The van der Waals surface area contributed by atoms with Crippen molar-refractivity contribution in [2.24, 2.45) is 17.8 Å². The molecule has 1 aliphatic heterocycles. The van der Waals surface area contributed by atoms with Crippen molar-refractivity contribution >= 4 is 38.7 Å². The summed E-state index contributed by atoms with van der Waals surface area (Å²) < 4.78 is 0. The third kappa shape index (κ3) is 2.06. The molecule has 0 aromatic heterocycles. The van der Waals surface area contributed by atoms with Gasteiger partial charge in [0.05, 0.1) is 0 Å². The number of allylic oxidation sites excluding steroid dienone is 8. The van der Waals surface area contributed by atoms with Gasteiger partial charge in [0.15, 0.2) is 0 Å². The molecule has 18 heavy (non-hydrogen) atoms. The van der Waals surface area contributed by atoms with Crippen LogP contribution in [0.15, 0.2) is 45.8 Å². The first-order valence-corrected chi connectivity index (χ1v) is 8.92. The number of hydrogen-bond acceptors (Lipinski definition) is 3. The van der Waals surface area contributed by atoms with Crippen molar-refractivity contribution in [1.29, 1.82) is 0 Å². The van der Waals surface area contributed by atoms with Gasteiger partial charge in [-0.1, -0.05) is 72.0 Å². The lowest BCUT2D eigenvalue weighted by atomic mass is 9.92. The quantitative estimate of drug-likeness (QED) is 0.475. The van der Waals surface area contributed by atoms with Gasteiger partial charge in [-0.3, -0.25) is 0 Å². The molecule has 0 bridgehead atoms. The van der Waals surface area contributed by atoms with Crippen molar-refractivity contribution in [1.82, 2.24) is 0 Å². The normalized spacial score (nSPS) is 30.4. The number of fused-ring (bicyclic) bond motifs is 2. The molecule has 0 saturated carbocycles. The summed E-state index contributed by atoms with van der Waals surface area (Å²) >= 11 is 5.72. The van der Waals surface area contributed by atoms with Gasteiger partial charge in [-0.15, -0.1) is 0 Å². The SMILES string of the molecule is CC(C)C1=CC2=C(SS1)C1C=CC=CCC1C2=S. The molecule has 0 radical (unpaired) electrons. The van der Waals surface area contributed by atoms with Gasteiger partial charge in [0.2, 0.25) is 0 Å². The summed E-state index contributed by atoms with van der Waals surface area (Å²) in [5.74, 6) is 1.63. The largest absolute Gasteiger partial charge is 0.0839 e. The predicted molar refractivity (Wildman–Crippen MR) is 87.6 cm³/mol. The number of hydrogen-bond donors (Lipinski definition) is 0. The molecule has 0 fully saturated rings. The molecule has 2 unspecified atom stereocenters. The second-order valence-electron chi connectivity index (χ2n) is 5.19. The fraction of sp³-hybridized carbons (Fsp3) is 0.400. The molecule has 2 atom stereocenters. The third-order valence-electron chi connectivity index (χ3n) is 3.64. The molecular weight excluding hydrogens is 276 g/mol. The average molecular weight is 292 g/mol. The van der Waals surface area contributed by atoms with E-state index in [9.17, 15) is 0 Å². The monoisotopic (exact) mass is 292 g/mol. The van der Waals surface area contributed by atoms with Gasteiger partial charge < -0.3 is 0 Å². The summed E-state index contributed by atoms with van der Waals surface area (Å²) in [5.41, 5.74) is 1.35. The molecular formula is C15H16S3. The Bertz CT molecular complexity index is 506. The summed E-state index contributed by atoms with van der Waals surface area (Å²) in [5, 5.41) is 0. The Kier molecular flexibility index (Phi) is 3.57. The number of rotatable bonds is 1. The van der Waals surface area contributed by atoms with Gasteiger partial charge in [-0.05, 0) is 23.3 Å². The van der Waals surface area contributed by atoms with E-state index in [1.54, 1.807) is 0 Å². The molecule has 0 aromatic rings. The second kappa shape index (κ2) is 5.03. The van der Waals surface area contributed by atoms with Crippen molar-refractivity contribution in [2.45, 2.75) is 20.3 Å². The van der Waals surface area contributed by atoms with E-state index in [1.807, 2.05) is 21.6 Å². The third-order valence-corrected chi connectivity index (χ3v) is 7.07. The fourth-order valence-corrected chi connectivity index (χ4v) is 6.09. The minimum Gasteiger partial charge on any atom is -0.0839 e. The standard InChI is InChI=1S/C15H16S3/c1-9(2)13-8-12-14(16)10-6-4-3-5-7-11(10)15(12)18-17-13/h3-5,7-11H,6H2,1-2H3. The van der Waals surface area contributed by atoms with Crippen LogP contribution in [0.4, 0.5) is 0 Å². The topological polar surface area (TPSA) is 0 Å². The molecule has 0 nitrogen and oxygen atoms in total. The predicted octanol–water partition coefficient (Wildman–Crippen LogP) is 5.31. The summed E-state index contributed by atoms with van der Waals surface area (Å²) in [6.45, 7) is 4.51. The van der Waals surface area contributed by atoms with Crippen molar-refractivity contribution in [2.75, 3.05) is 0 Å². The zero-order valence-corrected chi connectivity index (χ0v) is 13.0. The first-order valence-electron chi connectivity index (χ1n) is 6.36. The van der Waals surface area contributed by atoms with Crippen LogP contribution < -0.4 is 0 Å². The van der Waals surface area contributed by atoms with Gasteiger partial charge in [0, 0.05) is 27.2 Å². The highest BCUT2D eigenvalue weighted by Crippen LogP contribution is 2.55. The van der Waals surface area contributed by atoms with Crippen LogP contribution in [-0.4, -0.2) is 4.86 Å². The van der Waals surface area contributed by atoms with Crippen molar-refractivity contribution in [3.05, 3.63) is 45.8 Å².